The minimum Gasteiger partial charge on any atom is -0.320 e. The van der Waals surface area contributed by atoms with E-state index in [4.69, 9.17) is 17.3 Å². The number of nitrogens with two attached hydrogens (primary N) is 1. The molecule has 1 aromatic carbocycles. The van der Waals surface area contributed by atoms with Crippen molar-refractivity contribution in [1.29, 1.82) is 0 Å². The Balaban J connectivity index is 3.18. The number of hydrogen-bond donors (Lipinski definition) is 2. The SMILES string of the molecule is CC(C)S(=O)(=O)Nc1cc(Cl)ccc1C#CCN. The fourth-order valence-corrected chi connectivity index (χ4v) is 2.01. The van der Waals surface area contributed by atoms with Crippen molar-refractivity contribution in [2.24, 2.45) is 5.73 Å². The van der Waals surface area contributed by atoms with Crippen molar-refractivity contribution in [3.05, 3.63) is 28.8 Å². The van der Waals surface area contributed by atoms with E-state index in [9.17, 15) is 8.42 Å². The highest BCUT2D eigenvalue weighted by atomic mass is 35.5. The van der Waals surface area contributed by atoms with Crippen molar-refractivity contribution in [3.63, 3.8) is 0 Å². The van der Waals surface area contributed by atoms with E-state index < -0.39 is 15.3 Å². The molecule has 0 aliphatic heterocycles. The van der Waals surface area contributed by atoms with Crippen molar-refractivity contribution >= 4 is 27.3 Å². The number of nitrogens with one attached hydrogen (secondary N) is 1. The van der Waals surface area contributed by atoms with Gasteiger partial charge in [0.1, 0.15) is 0 Å². The summed E-state index contributed by atoms with van der Waals surface area (Å²) in [6.45, 7) is 3.40. The molecule has 1 rings (SSSR count). The molecule has 0 spiro atoms. The molecule has 0 aliphatic carbocycles. The van der Waals surface area contributed by atoms with E-state index in [1.165, 1.54) is 6.07 Å². The Morgan fingerprint density at radius 3 is 2.67 bits per heavy atom. The predicted molar refractivity (Wildman–Crippen MR) is 75.1 cm³/mol. The lowest BCUT2D eigenvalue weighted by Gasteiger charge is -2.12. The van der Waals surface area contributed by atoms with Gasteiger partial charge in [-0.2, -0.15) is 0 Å². The highest BCUT2D eigenvalue weighted by molar-refractivity contribution is 7.93. The molecule has 0 radical (unpaired) electrons. The van der Waals surface area contributed by atoms with Crippen molar-refractivity contribution in [2.75, 3.05) is 11.3 Å². The minimum atomic E-state index is -3.42. The van der Waals surface area contributed by atoms with E-state index in [0.29, 0.717) is 16.3 Å². The molecular weight excluding hydrogens is 272 g/mol. The summed E-state index contributed by atoms with van der Waals surface area (Å²) in [4.78, 5) is 0. The lowest BCUT2D eigenvalue weighted by molar-refractivity contribution is 0.593. The van der Waals surface area contributed by atoms with Gasteiger partial charge >= 0.3 is 0 Å². The normalized spacial score (nSPS) is 10.9. The third kappa shape index (κ3) is 3.91. The zero-order valence-corrected chi connectivity index (χ0v) is 11.8. The maximum atomic E-state index is 11.8. The number of anilines is 1. The van der Waals surface area contributed by atoms with Crippen LogP contribution in [0.1, 0.15) is 19.4 Å². The van der Waals surface area contributed by atoms with E-state index in [1.54, 1.807) is 26.0 Å². The molecule has 3 N–H and O–H groups in total. The molecule has 4 nitrogen and oxygen atoms in total. The van der Waals surface area contributed by atoms with E-state index in [1.807, 2.05) is 0 Å². The van der Waals surface area contributed by atoms with Crippen LogP contribution in [0.2, 0.25) is 5.02 Å². The smallest absolute Gasteiger partial charge is 0.235 e. The van der Waals surface area contributed by atoms with E-state index >= 15 is 0 Å². The van der Waals surface area contributed by atoms with Gasteiger partial charge in [0.2, 0.25) is 10.0 Å². The van der Waals surface area contributed by atoms with Gasteiger partial charge in [-0.25, -0.2) is 8.42 Å². The molecule has 0 aromatic heterocycles. The maximum absolute atomic E-state index is 11.8. The molecule has 0 fully saturated rings. The largest absolute Gasteiger partial charge is 0.320 e. The third-order valence-electron chi connectivity index (χ3n) is 2.18. The van der Waals surface area contributed by atoms with Gasteiger partial charge in [0.05, 0.1) is 17.5 Å². The summed E-state index contributed by atoms with van der Waals surface area (Å²) < 4.78 is 26.1. The summed E-state index contributed by atoms with van der Waals surface area (Å²) in [5, 5.41) is -0.0958. The molecule has 0 saturated heterocycles. The summed E-state index contributed by atoms with van der Waals surface area (Å²) in [5.41, 5.74) is 6.22. The van der Waals surface area contributed by atoms with Gasteiger partial charge in [-0.1, -0.05) is 23.4 Å². The Bertz CT molecular complexity index is 586. The molecule has 98 valence electrons. The summed E-state index contributed by atoms with van der Waals surface area (Å²) in [7, 11) is -3.42. The van der Waals surface area contributed by atoms with Crippen molar-refractivity contribution in [1.82, 2.24) is 0 Å². The van der Waals surface area contributed by atoms with Gasteiger partial charge in [0.15, 0.2) is 0 Å². The highest BCUT2D eigenvalue weighted by Crippen LogP contribution is 2.22. The Morgan fingerprint density at radius 1 is 1.44 bits per heavy atom. The Kier molecular flexibility index (Phi) is 5.03. The second-order valence-corrected chi connectivity index (χ2v) is 6.57. The van der Waals surface area contributed by atoms with Crippen LogP contribution in [0.15, 0.2) is 18.2 Å². The van der Waals surface area contributed by atoms with Gasteiger partial charge < -0.3 is 5.73 Å². The predicted octanol–water partition coefficient (Wildman–Crippen LogP) is 1.80. The molecule has 18 heavy (non-hydrogen) atoms. The molecule has 6 heteroatoms. The van der Waals surface area contributed by atoms with E-state index in [-0.39, 0.29) is 6.54 Å². The number of benzene rings is 1. The topological polar surface area (TPSA) is 72.2 Å². The van der Waals surface area contributed by atoms with Crippen molar-refractivity contribution < 1.29 is 8.42 Å². The highest BCUT2D eigenvalue weighted by Gasteiger charge is 2.17. The second kappa shape index (κ2) is 6.10. The first-order chi connectivity index (χ1) is 8.36. The van der Waals surface area contributed by atoms with Crippen LogP contribution in [-0.2, 0) is 10.0 Å². The lowest BCUT2D eigenvalue weighted by Crippen LogP contribution is -2.22. The van der Waals surface area contributed by atoms with Gasteiger partial charge in [-0.15, -0.1) is 0 Å². The average molecular weight is 287 g/mol. The molecule has 0 bridgehead atoms. The van der Waals surface area contributed by atoms with Crippen LogP contribution in [0.4, 0.5) is 5.69 Å². The average Bonchev–Trinajstić information content (AvgIpc) is 2.27. The van der Waals surface area contributed by atoms with E-state index in [2.05, 4.69) is 16.6 Å². The number of rotatable bonds is 3. The third-order valence-corrected chi connectivity index (χ3v) is 4.16. The Morgan fingerprint density at radius 2 is 2.11 bits per heavy atom. The summed E-state index contributed by atoms with van der Waals surface area (Å²) in [6.07, 6.45) is 0. The monoisotopic (exact) mass is 286 g/mol. The molecule has 0 atom stereocenters. The van der Waals surface area contributed by atoms with Gasteiger partial charge in [0.25, 0.3) is 0 Å². The molecule has 0 unspecified atom stereocenters. The second-order valence-electron chi connectivity index (χ2n) is 3.89. The van der Waals surface area contributed by atoms with Gasteiger partial charge in [0, 0.05) is 10.6 Å². The van der Waals surface area contributed by atoms with Gasteiger partial charge in [-0.05, 0) is 32.0 Å². The van der Waals surface area contributed by atoms with Gasteiger partial charge in [-0.3, -0.25) is 4.72 Å². The molecule has 0 heterocycles. The molecule has 0 saturated carbocycles. The van der Waals surface area contributed by atoms with Crippen molar-refractivity contribution in [2.45, 2.75) is 19.1 Å². The number of hydrogen-bond acceptors (Lipinski definition) is 3. The zero-order chi connectivity index (χ0) is 13.8. The zero-order valence-electron chi connectivity index (χ0n) is 10.2. The summed E-state index contributed by atoms with van der Waals surface area (Å²) in [6, 6.07) is 4.83. The first-order valence-corrected chi connectivity index (χ1v) is 7.29. The molecule has 0 aliphatic rings. The number of halogens is 1. The quantitative estimate of drug-likeness (QED) is 0.832. The standard InChI is InChI=1S/C12H15ClN2O2S/c1-9(2)18(16,17)15-12-8-11(13)6-5-10(12)4-3-7-14/h5-6,8-9,15H,7,14H2,1-2H3. The molecule has 1 aromatic rings. The van der Waals surface area contributed by atoms with Crippen LogP contribution in [0, 0.1) is 11.8 Å². The van der Waals surface area contributed by atoms with Crippen LogP contribution in [0.25, 0.3) is 0 Å². The number of sulfonamides is 1. The Labute approximate surface area is 113 Å². The lowest BCUT2D eigenvalue weighted by atomic mass is 10.2. The summed E-state index contributed by atoms with van der Waals surface area (Å²) >= 11 is 5.85. The fraction of sp³-hybridized carbons (Fsp3) is 0.333. The molecule has 0 amide bonds. The van der Waals surface area contributed by atoms with Crippen LogP contribution in [0.3, 0.4) is 0 Å². The fourth-order valence-electron chi connectivity index (χ4n) is 1.13. The van der Waals surface area contributed by atoms with Crippen molar-refractivity contribution in [3.8, 4) is 11.8 Å². The molecular formula is C12H15ClN2O2S. The van der Waals surface area contributed by atoms with Crippen LogP contribution in [0.5, 0.6) is 0 Å². The van der Waals surface area contributed by atoms with Crippen LogP contribution < -0.4 is 10.5 Å². The van der Waals surface area contributed by atoms with Crippen LogP contribution >= 0.6 is 11.6 Å². The summed E-state index contributed by atoms with van der Waals surface area (Å²) in [5.74, 6) is 5.48. The first-order valence-electron chi connectivity index (χ1n) is 5.37. The van der Waals surface area contributed by atoms with E-state index in [0.717, 1.165) is 0 Å². The Hall–Kier alpha value is -1.22. The first kappa shape index (κ1) is 14.8. The van der Waals surface area contributed by atoms with Crippen LogP contribution in [-0.4, -0.2) is 20.2 Å². The minimum absolute atomic E-state index is 0.207. The maximum Gasteiger partial charge on any atom is 0.235 e.